The molecule has 1 saturated heterocycles. The Labute approximate surface area is 209 Å². The number of thiocarbonyl (C=S) groups is 1. The quantitative estimate of drug-likeness (QED) is 0.394. The number of aryl methyl sites for hydroxylation is 1. The van der Waals surface area contributed by atoms with Crippen molar-refractivity contribution >= 4 is 28.9 Å². The summed E-state index contributed by atoms with van der Waals surface area (Å²) in [5.41, 5.74) is 4.80. The van der Waals surface area contributed by atoms with Crippen LogP contribution in [-0.4, -0.2) is 37.0 Å². The summed E-state index contributed by atoms with van der Waals surface area (Å²) in [6.07, 6.45) is 3.57. The smallest absolute Gasteiger partial charge is 0.244 e. The monoisotopic (exact) mass is 482 g/mol. The minimum atomic E-state index is -0.220. The third kappa shape index (κ3) is 4.52. The Hall–Kier alpha value is -4.04. The van der Waals surface area contributed by atoms with Crippen molar-refractivity contribution in [3.63, 3.8) is 0 Å². The highest BCUT2D eigenvalue weighted by Gasteiger charge is 2.42. The maximum atomic E-state index is 13.0. The summed E-state index contributed by atoms with van der Waals surface area (Å²) < 4.78 is 2.13. The van der Waals surface area contributed by atoms with Crippen LogP contribution in [0.5, 0.6) is 0 Å². The largest absolute Gasteiger partial charge is 0.352 e. The van der Waals surface area contributed by atoms with Gasteiger partial charge in [-0.2, -0.15) is 0 Å². The number of hydrogen-bond donors (Lipinski definition) is 2. The van der Waals surface area contributed by atoms with Crippen LogP contribution in [0.25, 0.3) is 5.82 Å². The van der Waals surface area contributed by atoms with Crippen LogP contribution < -0.4 is 10.6 Å². The van der Waals surface area contributed by atoms with Gasteiger partial charge in [-0.25, -0.2) is 4.98 Å². The van der Waals surface area contributed by atoms with Gasteiger partial charge < -0.3 is 20.1 Å². The highest BCUT2D eigenvalue weighted by atomic mass is 32.1. The van der Waals surface area contributed by atoms with Crippen LogP contribution in [0.4, 0.5) is 5.69 Å². The second-order valence-electron chi connectivity index (χ2n) is 8.52. The SMILES string of the molecule is Cc1cc([C@H]2[C@@H](c3ccccn3)NC(=S)N2CC(=O)Nc2ccccc2)c(C)n1-c1ccccn1. The third-order valence-electron chi connectivity index (χ3n) is 6.24. The Morgan fingerprint density at radius 1 is 1.00 bits per heavy atom. The van der Waals surface area contributed by atoms with Crippen LogP contribution in [0, 0.1) is 13.8 Å². The maximum absolute atomic E-state index is 13.0. The maximum Gasteiger partial charge on any atom is 0.244 e. The zero-order chi connectivity index (χ0) is 24.4. The van der Waals surface area contributed by atoms with Gasteiger partial charge >= 0.3 is 0 Å². The number of pyridine rings is 2. The fourth-order valence-electron chi connectivity index (χ4n) is 4.72. The number of nitrogens with zero attached hydrogens (tertiary/aromatic N) is 4. The molecule has 1 amide bonds. The van der Waals surface area contributed by atoms with Crippen molar-refractivity contribution in [2.45, 2.75) is 25.9 Å². The van der Waals surface area contributed by atoms with Gasteiger partial charge in [-0.05, 0) is 74.1 Å². The van der Waals surface area contributed by atoms with Crippen molar-refractivity contribution < 1.29 is 4.79 Å². The third-order valence-corrected chi connectivity index (χ3v) is 6.59. The van der Waals surface area contributed by atoms with E-state index in [2.05, 4.69) is 45.1 Å². The molecule has 35 heavy (non-hydrogen) atoms. The fraction of sp³-hybridized carbons (Fsp3) is 0.185. The molecule has 4 aromatic rings. The number of anilines is 1. The second-order valence-corrected chi connectivity index (χ2v) is 8.91. The van der Waals surface area contributed by atoms with Gasteiger partial charge in [-0.15, -0.1) is 0 Å². The van der Waals surface area contributed by atoms with Gasteiger partial charge in [0.15, 0.2) is 5.11 Å². The van der Waals surface area contributed by atoms with E-state index >= 15 is 0 Å². The predicted octanol–water partition coefficient (Wildman–Crippen LogP) is 4.50. The molecule has 0 unspecified atom stereocenters. The highest BCUT2D eigenvalue weighted by Crippen LogP contribution is 2.41. The van der Waals surface area contributed by atoms with E-state index in [9.17, 15) is 4.79 Å². The molecule has 0 saturated carbocycles. The van der Waals surface area contributed by atoms with Gasteiger partial charge in [-0.3, -0.25) is 9.78 Å². The number of hydrogen-bond acceptors (Lipinski definition) is 4. The van der Waals surface area contributed by atoms with Crippen molar-refractivity contribution in [1.29, 1.82) is 0 Å². The summed E-state index contributed by atoms with van der Waals surface area (Å²) in [6, 6.07) is 22.9. The van der Waals surface area contributed by atoms with Gasteiger partial charge in [0.1, 0.15) is 12.4 Å². The average molecular weight is 483 g/mol. The molecule has 0 radical (unpaired) electrons. The Bertz CT molecular complexity index is 1340. The van der Waals surface area contributed by atoms with E-state index in [0.29, 0.717) is 5.11 Å². The lowest BCUT2D eigenvalue weighted by atomic mass is 9.96. The first-order chi connectivity index (χ1) is 17.0. The van der Waals surface area contributed by atoms with E-state index in [-0.39, 0.29) is 24.5 Å². The standard InChI is InChI=1S/C27H26N6OS/c1-18-16-21(19(2)33(18)23-13-7-9-15-29-23)26-25(22-12-6-8-14-28-22)31-27(35)32(26)17-24(34)30-20-10-4-3-5-11-20/h3-16,25-26H,17H2,1-2H3,(H,30,34)(H,31,35)/t25-,26+/m1/s1. The van der Waals surface area contributed by atoms with Crippen molar-refractivity contribution in [1.82, 2.24) is 24.8 Å². The van der Waals surface area contributed by atoms with E-state index in [0.717, 1.165) is 34.2 Å². The summed E-state index contributed by atoms with van der Waals surface area (Å²) in [5, 5.41) is 6.92. The first-order valence-corrected chi connectivity index (χ1v) is 11.9. The number of benzene rings is 1. The molecule has 7 nitrogen and oxygen atoms in total. The van der Waals surface area contributed by atoms with Crippen LogP contribution in [0.1, 0.15) is 34.7 Å². The van der Waals surface area contributed by atoms with E-state index in [1.807, 2.05) is 71.6 Å². The molecule has 1 aliphatic rings. The molecular formula is C27H26N6OS. The molecule has 3 aromatic heterocycles. The number of nitrogens with one attached hydrogen (secondary N) is 2. The van der Waals surface area contributed by atoms with Gasteiger partial charge in [0.25, 0.3) is 0 Å². The Balaban J connectivity index is 1.53. The van der Waals surface area contributed by atoms with Gasteiger partial charge in [0.2, 0.25) is 5.91 Å². The molecule has 0 spiro atoms. The lowest BCUT2D eigenvalue weighted by Gasteiger charge is -2.27. The molecule has 2 N–H and O–H groups in total. The summed E-state index contributed by atoms with van der Waals surface area (Å²) in [6.45, 7) is 4.26. The van der Waals surface area contributed by atoms with E-state index in [1.165, 1.54) is 0 Å². The number of aromatic nitrogens is 3. The zero-order valence-corrected chi connectivity index (χ0v) is 20.4. The number of carbonyl (C=O) groups is 1. The van der Waals surface area contributed by atoms with Crippen molar-refractivity contribution in [3.05, 3.63) is 108 Å². The van der Waals surface area contributed by atoms with Crippen LogP contribution in [0.15, 0.2) is 85.2 Å². The van der Waals surface area contributed by atoms with Crippen LogP contribution in [0.2, 0.25) is 0 Å². The van der Waals surface area contributed by atoms with Crippen LogP contribution >= 0.6 is 12.2 Å². The Morgan fingerprint density at radius 2 is 1.71 bits per heavy atom. The van der Waals surface area contributed by atoms with E-state index in [1.54, 1.807) is 12.4 Å². The summed E-state index contributed by atoms with van der Waals surface area (Å²) in [4.78, 5) is 24.1. The number of rotatable bonds is 6. The summed E-state index contributed by atoms with van der Waals surface area (Å²) in [7, 11) is 0. The van der Waals surface area contributed by atoms with Crippen LogP contribution in [-0.2, 0) is 4.79 Å². The molecule has 0 bridgehead atoms. The molecule has 4 heterocycles. The Morgan fingerprint density at radius 3 is 2.40 bits per heavy atom. The molecular weight excluding hydrogens is 456 g/mol. The molecule has 8 heteroatoms. The van der Waals surface area contributed by atoms with E-state index in [4.69, 9.17) is 12.2 Å². The van der Waals surface area contributed by atoms with Crippen molar-refractivity contribution in [3.8, 4) is 5.82 Å². The molecule has 1 fully saturated rings. The normalized spacial score (nSPS) is 17.3. The summed E-state index contributed by atoms with van der Waals surface area (Å²) >= 11 is 5.74. The average Bonchev–Trinajstić information content (AvgIpc) is 3.35. The highest BCUT2D eigenvalue weighted by molar-refractivity contribution is 7.80. The fourth-order valence-corrected chi connectivity index (χ4v) is 5.02. The van der Waals surface area contributed by atoms with Gasteiger partial charge in [-0.1, -0.05) is 30.3 Å². The lowest BCUT2D eigenvalue weighted by Crippen LogP contribution is -2.37. The molecule has 5 rings (SSSR count). The molecule has 1 aliphatic heterocycles. The minimum Gasteiger partial charge on any atom is -0.352 e. The predicted molar refractivity (Wildman–Crippen MR) is 140 cm³/mol. The molecule has 176 valence electrons. The number of carbonyl (C=O) groups excluding carboxylic acids is 1. The molecule has 2 atom stereocenters. The van der Waals surface area contributed by atoms with E-state index < -0.39 is 0 Å². The first kappa shape index (κ1) is 22.7. The zero-order valence-electron chi connectivity index (χ0n) is 19.6. The minimum absolute atomic E-state index is 0.113. The van der Waals surface area contributed by atoms with Gasteiger partial charge in [0, 0.05) is 29.5 Å². The van der Waals surface area contributed by atoms with Gasteiger partial charge in [0.05, 0.1) is 17.8 Å². The first-order valence-electron chi connectivity index (χ1n) is 11.5. The Kier molecular flexibility index (Phi) is 6.29. The molecule has 1 aromatic carbocycles. The number of amides is 1. The second kappa shape index (κ2) is 9.68. The topological polar surface area (TPSA) is 75.1 Å². The lowest BCUT2D eigenvalue weighted by molar-refractivity contribution is -0.116. The van der Waals surface area contributed by atoms with Crippen LogP contribution in [0.3, 0.4) is 0 Å². The summed E-state index contributed by atoms with van der Waals surface area (Å²) in [5.74, 6) is 0.718. The number of para-hydroxylation sites is 1. The van der Waals surface area contributed by atoms with Crippen molar-refractivity contribution in [2.75, 3.05) is 11.9 Å². The molecule has 0 aliphatic carbocycles. The van der Waals surface area contributed by atoms with Crippen molar-refractivity contribution in [2.24, 2.45) is 0 Å².